The predicted octanol–water partition coefficient (Wildman–Crippen LogP) is 4.15. The first kappa shape index (κ1) is 18.7. The van der Waals surface area contributed by atoms with Crippen LogP contribution in [0.2, 0.25) is 0 Å². The van der Waals surface area contributed by atoms with Gasteiger partial charge in [0, 0.05) is 18.0 Å². The normalized spacial score (nSPS) is 10.2. The Kier molecular flexibility index (Phi) is 7.07. The first-order valence-electron chi connectivity index (χ1n) is 5.95. The number of methoxy groups -OCH3 is 1. The van der Waals surface area contributed by atoms with Crippen LogP contribution in [0.5, 0.6) is 5.75 Å². The third-order valence-corrected chi connectivity index (χ3v) is 3.26. The number of halogens is 3. The molecule has 0 saturated heterocycles. The van der Waals surface area contributed by atoms with Crippen LogP contribution >= 0.6 is 35.7 Å². The number of rotatable bonds is 4. The van der Waals surface area contributed by atoms with E-state index in [1.165, 1.54) is 36.0 Å². The Labute approximate surface area is 148 Å². The number of aromatic nitrogens is 2. The maximum atomic E-state index is 12.6. The van der Waals surface area contributed by atoms with Crippen LogP contribution in [0.15, 0.2) is 30.7 Å². The van der Waals surface area contributed by atoms with Gasteiger partial charge in [-0.15, -0.1) is 24.0 Å². The highest BCUT2D eigenvalue weighted by Crippen LogP contribution is 2.28. The molecule has 1 aromatic carbocycles. The summed E-state index contributed by atoms with van der Waals surface area (Å²) in [5, 5.41) is 10.8. The fourth-order valence-corrected chi connectivity index (χ4v) is 1.95. The molecule has 0 atom stereocenters. The molecule has 0 spiro atoms. The number of hydrogen-bond acceptors (Lipinski definition) is 4. The van der Waals surface area contributed by atoms with E-state index in [1.807, 2.05) is 0 Å². The summed E-state index contributed by atoms with van der Waals surface area (Å²) >= 11 is 1.27. The molecule has 0 saturated carbocycles. The zero-order valence-electron chi connectivity index (χ0n) is 11.8. The zero-order chi connectivity index (χ0) is 15.4. The number of ether oxygens (including phenoxy) is 1. The Bertz CT molecular complexity index is 651. The van der Waals surface area contributed by atoms with Gasteiger partial charge in [0.2, 0.25) is 0 Å². The van der Waals surface area contributed by atoms with Crippen LogP contribution in [-0.4, -0.2) is 28.1 Å². The summed E-state index contributed by atoms with van der Waals surface area (Å²) in [5.41, 5.74) is 0.991. The van der Waals surface area contributed by atoms with E-state index in [2.05, 4.69) is 10.3 Å². The molecule has 22 heavy (non-hydrogen) atoms. The van der Waals surface area contributed by atoms with E-state index < -0.39 is 6.43 Å². The number of hydrogen-bond donors (Lipinski definition) is 2. The lowest BCUT2D eigenvalue weighted by Gasteiger charge is -2.12. The van der Waals surface area contributed by atoms with Gasteiger partial charge in [0.25, 0.3) is 6.43 Å². The van der Waals surface area contributed by atoms with E-state index in [-0.39, 0.29) is 29.7 Å². The van der Waals surface area contributed by atoms with Gasteiger partial charge in [-0.05, 0) is 18.4 Å². The second kappa shape index (κ2) is 8.32. The molecule has 0 aliphatic carbocycles. The standard InChI is InChI=1S/C13H14F2N4OS.HI/c1-20-11-5-8(18-13(16)21-2)3-4-10(11)19-6-9(12(14)15)17-7-19;/h3-7,12H,1-2H3,(H2,16,18);1H. The highest BCUT2D eigenvalue weighted by Gasteiger charge is 2.13. The lowest BCUT2D eigenvalue weighted by atomic mass is 10.2. The van der Waals surface area contributed by atoms with Crippen molar-refractivity contribution in [3.63, 3.8) is 0 Å². The van der Waals surface area contributed by atoms with Crippen molar-refractivity contribution in [2.24, 2.45) is 0 Å². The lowest BCUT2D eigenvalue weighted by Crippen LogP contribution is -2.06. The first-order valence-corrected chi connectivity index (χ1v) is 7.17. The molecular formula is C13H15F2IN4OS. The molecule has 0 bridgehead atoms. The molecule has 0 unspecified atom stereocenters. The van der Waals surface area contributed by atoms with Crippen molar-refractivity contribution in [3.8, 4) is 11.4 Å². The molecule has 0 aliphatic heterocycles. The third kappa shape index (κ3) is 4.32. The first-order chi connectivity index (χ1) is 10.0. The van der Waals surface area contributed by atoms with Crippen LogP contribution in [0, 0.1) is 5.41 Å². The highest BCUT2D eigenvalue weighted by molar-refractivity contribution is 14.0. The van der Waals surface area contributed by atoms with Gasteiger partial charge < -0.3 is 14.6 Å². The minimum absolute atomic E-state index is 0. The van der Waals surface area contributed by atoms with Gasteiger partial charge in [-0.3, -0.25) is 5.41 Å². The highest BCUT2D eigenvalue weighted by atomic mass is 127. The fraction of sp³-hybridized carbons (Fsp3) is 0.231. The minimum atomic E-state index is -2.61. The third-order valence-electron chi connectivity index (χ3n) is 2.75. The average molecular weight is 440 g/mol. The van der Waals surface area contributed by atoms with Crippen molar-refractivity contribution in [2.45, 2.75) is 6.43 Å². The molecule has 0 fully saturated rings. The van der Waals surface area contributed by atoms with Crippen molar-refractivity contribution >= 4 is 46.6 Å². The van der Waals surface area contributed by atoms with Crippen LogP contribution < -0.4 is 10.1 Å². The Morgan fingerprint density at radius 2 is 2.18 bits per heavy atom. The Morgan fingerprint density at radius 3 is 2.73 bits per heavy atom. The second-order valence-electron chi connectivity index (χ2n) is 4.05. The molecule has 120 valence electrons. The minimum Gasteiger partial charge on any atom is -0.494 e. The second-order valence-corrected chi connectivity index (χ2v) is 4.87. The number of nitrogens with zero attached hydrogens (tertiary/aromatic N) is 2. The van der Waals surface area contributed by atoms with Crippen molar-refractivity contribution in [1.29, 1.82) is 5.41 Å². The van der Waals surface area contributed by atoms with Gasteiger partial charge in [0.15, 0.2) is 5.17 Å². The molecule has 2 N–H and O–H groups in total. The topological polar surface area (TPSA) is 62.9 Å². The van der Waals surface area contributed by atoms with Crippen LogP contribution in [0.3, 0.4) is 0 Å². The Hall–Kier alpha value is -1.36. The van der Waals surface area contributed by atoms with Crippen molar-refractivity contribution in [3.05, 3.63) is 36.4 Å². The largest absolute Gasteiger partial charge is 0.494 e. The molecule has 1 aromatic heterocycles. The molecular weight excluding hydrogens is 425 g/mol. The molecule has 2 rings (SSSR count). The van der Waals surface area contributed by atoms with Gasteiger partial charge in [0.1, 0.15) is 11.4 Å². The Morgan fingerprint density at radius 1 is 1.45 bits per heavy atom. The number of nitrogens with one attached hydrogen (secondary N) is 2. The van der Waals surface area contributed by atoms with Crippen molar-refractivity contribution in [1.82, 2.24) is 9.55 Å². The van der Waals surface area contributed by atoms with Gasteiger partial charge in [-0.25, -0.2) is 13.8 Å². The van der Waals surface area contributed by atoms with Crippen molar-refractivity contribution < 1.29 is 13.5 Å². The van der Waals surface area contributed by atoms with Crippen molar-refractivity contribution in [2.75, 3.05) is 18.7 Å². The van der Waals surface area contributed by atoms with Crippen LogP contribution in [-0.2, 0) is 0 Å². The Balaban J connectivity index is 0.00000242. The molecule has 2 aromatic rings. The van der Waals surface area contributed by atoms with E-state index in [4.69, 9.17) is 10.1 Å². The molecule has 0 aliphatic rings. The summed E-state index contributed by atoms with van der Waals surface area (Å²) < 4.78 is 31.9. The molecule has 9 heteroatoms. The summed E-state index contributed by atoms with van der Waals surface area (Å²) in [5.74, 6) is 0.493. The lowest BCUT2D eigenvalue weighted by molar-refractivity contribution is 0.146. The SMILES string of the molecule is COc1cc(NC(=N)SC)ccc1-n1cnc(C(F)F)c1.I. The molecule has 5 nitrogen and oxygen atoms in total. The van der Waals surface area contributed by atoms with Gasteiger partial charge >= 0.3 is 0 Å². The van der Waals surface area contributed by atoms with Crippen LogP contribution in [0.1, 0.15) is 12.1 Å². The quantitative estimate of drug-likeness (QED) is 0.426. The van der Waals surface area contributed by atoms with E-state index in [1.54, 1.807) is 24.5 Å². The summed E-state index contributed by atoms with van der Waals surface area (Å²) in [6, 6.07) is 5.15. The number of amidine groups is 1. The van der Waals surface area contributed by atoms with Gasteiger partial charge in [-0.1, -0.05) is 11.8 Å². The van der Waals surface area contributed by atoms with Crippen LogP contribution in [0.4, 0.5) is 14.5 Å². The van der Waals surface area contributed by atoms with E-state index in [9.17, 15) is 8.78 Å². The summed E-state index contributed by atoms with van der Waals surface area (Å²) in [6.07, 6.45) is 1.76. The fourth-order valence-electron chi connectivity index (χ4n) is 1.73. The average Bonchev–Trinajstić information content (AvgIpc) is 2.96. The zero-order valence-corrected chi connectivity index (χ0v) is 15.0. The van der Waals surface area contributed by atoms with E-state index in [0.29, 0.717) is 22.3 Å². The summed E-state index contributed by atoms with van der Waals surface area (Å²) in [4.78, 5) is 3.66. The maximum absolute atomic E-state index is 12.6. The number of benzene rings is 1. The molecule has 0 radical (unpaired) electrons. The molecule has 0 amide bonds. The van der Waals surface area contributed by atoms with Gasteiger partial charge in [-0.2, -0.15) is 0 Å². The molecule has 1 heterocycles. The predicted molar refractivity (Wildman–Crippen MR) is 95.4 cm³/mol. The summed E-state index contributed by atoms with van der Waals surface area (Å²) in [6.45, 7) is 0. The number of anilines is 1. The van der Waals surface area contributed by atoms with E-state index in [0.717, 1.165) is 0 Å². The van der Waals surface area contributed by atoms with E-state index >= 15 is 0 Å². The number of thioether (sulfide) groups is 1. The number of alkyl halides is 2. The van der Waals surface area contributed by atoms with Gasteiger partial charge in [0.05, 0.1) is 19.1 Å². The monoisotopic (exact) mass is 440 g/mol. The van der Waals surface area contributed by atoms with Crippen LogP contribution in [0.25, 0.3) is 5.69 Å². The smallest absolute Gasteiger partial charge is 0.281 e. The number of imidazole rings is 1. The maximum Gasteiger partial charge on any atom is 0.281 e. The summed E-state index contributed by atoms with van der Waals surface area (Å²) in [7, 11) is 1.49.